The van der Waals surface area contributed by atoms with Crippen LogP contribution in [0.4, 0.5) is 0 Å². The molecule has 1 unspecified atom stereocenters. The monoisotopic (exact) mass is 318 g/mol. The van der Waals surface area contributed by atoms with E-state index in [-0.39, 0.29) is 5.63 Å². The van der Waals surface area contributed by atoms with Crippen molar-refractivity contribution in [3.63, 3.8) is 0 Å². The molecule has 1 aromatic heterocycles. The fourth-order valence-corrected chi connectivity index (χ4v) is 2.51. The van der Waals surface area contributed by atoms with Crippen molar-refractivity contribution in [3.05, 3.63) is 39.7 Å². The summed E-state index contributed by atoms with van der Waals surface area (Å²) in [6, 6.07) is 5.22. The highest BCUT2D eigenvalue weighted by Crippen LogP contribution is 2.29. The van der Waals surface area contributed by atoms with E-state index in [9.17, 15) is 9.59 Å². The quantitative estimate of drug-likeness (QED) is 0.603. The summed E-state index contributed by atoms with van der Waals surface area (Å²) >= 11 is 0. The molecule has 2 rings (SSSR count). The first kappa shape index (κ1) is 17.1. The number of hydrogen-bond acceptors (Lipinski definition) is 5. The number of benzene rings is 1. The van der Waals surface area contributed by atoms with Gasteiger partial charge in [0.25, 0.3) is 0 Å². The van der Waals surface area contributed by atoms with E-state index in [2.05, 4.69) is 11.7 Å². The molecule has 0 aliphatic heterocycles. The minimum absolute atomic E-state index is 0.370. The minimum Gasteiger partial charge on any atom is -0.479 e. The van der Waals surface area contributed by atoms with Gasteiger partial charge in [0.1, 0.15) is 11.3 Å². The Balaban J connectivity index is 2.46. The largest absolute Gasteiger partial charge is 0.479 e. The van der Waals surface area contributed by atoms with Crippen LogP contribution in [0.3, 0.4) is 0 Å². The Morgan fingerprint density at radius 1 is 1.35 bits per heavy atom. The number of hydrogen-bond donors (Lipinski definition) is 0. The van der Waals surface area contributed by atoms with E-state index in [0.29, 0.717) is 16.9 Å². The van der Waals surface area contributed by atoms with Crippen LogP contribution in [0.1, 0.15) is 37.8 Å². The Bertz CT molecular complexity index is 760. The van der Waals surface area contributed by atoms with Gasteiger partial charge in [-0.3, -0.25) is 0 Å². The fraction of sp³-hybridized carbons (Fsp3) is 0.444. The highest BCUT2D eigenvalue weighted by atomic mass is 16.6. The first-order valence-corrected chi connectivity index (χ1v) is 7.78. The molecule has 0 spiro atoms. The molecule has 23 heavy (non-hydrogen) atoms. The van der Waals surface area contributed by atoms with Crippen LogP contribution in [-0.4, -0.2) is 19.2 Å². The Morgan fingerprint density at radius 2 is 2.09 bits per heavy atom. The predicted octanol–water partition coefficient (Wildman–Crippen LogP) is 3.38. The van der Waals surface area contributed by atoms with Gasteiger partial charge in [0.2, 0.25) is 0 Å². The molecule has 0 amide bonds. The van der Waals surface area contributed by atoms with Gasteiger partial charge in [-0.1, -0.05) is 13.3 Å². The summed E-state index contributed by atoms with van der Waals surface area (Å²) in [5.41, 5.74) is 1.82. The molecular formula is C18H22O5. The summed E-state index contributed by atoms with van der Waals surface area (Å²) in [5, 5.41) is 0.911. The number of aryl methyl sites for hydroxylation is 2. The summed E-state index contributed by atoms with van der Waals surface area (Å²) in [7, 11) is 1.31. The summed E-state index contributed by atoms with van der Waals surface area (Å²) in [6.07, 6.45) is 2.16. The van der Waals surface area contributed by atoms with Crippen LogP contribution in [0.25, 0.3) is 11.0 Å². The van der Waals surface area contributed by atoms with Gasteiger partial charge in [0.05, 0.1) is 7.11 Å². The minimum atomic E-state index is -0.730. The summed E-state index contributed by atoms with van der Waals surface area (Å²) in [5.74, 6) is 0.0498. The van der Waals surface area contributed by atoms with Crippen molar-refractivity contribution in [2.75, 3.05) is 7.11 Å². The molecule has 0 N–H and O–H groups in total. The average Bonchev–Trinajstić information content (AvgIpc) is 2.54. The predicted molar refractivity (Wildman–Crippen MR) is 87.9 cm³/mol. The molecule has 0 fully saturated rings. The lowest BCUT2D eigenvalue weighted by Crippen LogP contribution is -2.25. The highest BCUT2D eigenvalue weighted by Gasteiger charge is 2.18. The van der Waals surface area contributed by atoms with E-state index in [1.807, 2.05) is 13.0 Å². The molecule has 0 saturated carbocycles. The Morgan fingerprint density at radius 3 is 2.74 bits per heavy atom. The molecule has 0 aliphatic carbocycles. The normalized spacial score (nSPS) is 12.2. The molecular weight excluding hydrogens is 296 g/mol. The number of fused-ring (bicyclic) bond motifs is 1. The molecule has 0 saturated heterocycles. The lowest BCUT2D eigenvalue weighted by atomic mass is 10.0. The van der Waals surface area contributed by atoms with E-state index in [1.54, 1.807) is 19.1 Å². The van der Waals surface area contributed by atoms with Crippen molar-refractivity contribution in [1.82, 2.24) is 0 Å². The van der Waals surface area contributed by atoms with E-state index < -0.39 is 12.1 Å². The van der Waals surface area contributed by atoms with Crippen LogP contribution in [0.15, 0.2) is 27.4 Å². The van der Waals surface area contributed by atoms with Gasteiger partial charge in [-0.05, 0) is 44.4 Å². The summed E-state index contributed by atoms with van der Waals surface area (Å²) in [4.78, 5) is 23.3. The number of methoxy groups -OCH3 is 1. The number of ether oxygens (including phenoxy) is 2. The summed E-state index contributed by atoms with van der Waals surface area (Å²) < 4.78 is 15.7. The third-order valence-electron chi connectivity index (χ3n) is 3.83. The Labute approximate surface area is 135 Å². The van der Waals surface area contributed by atoms with Crippen molar-refractivity contribution in [3.8, 4) is 5.75 Å². The van der Waals surface area contributed by atoms with Crippen LogP contribution in [0, 0.1) is 6.92 Å². The third kappa shape index (κ3) is 3.73. The van der Waals surface area contributed by atoms with Gasteiger partial charge in [-0.15, -0.1) is 0 Å². The molecule has 2 aromatic rings. The molecule has 1 aromatic carbocycles. The summed E-state index contributed by atoms with van der Waals surface area (Å²) in [6.45, 7) is 5.54. The van der Waals surface area contributed by atoms with Crippen LogP contribution in [-0.2, 0) is 16.0 Å². The lowest BCUT2D eigenvalue weighted by molar-refractivity contribution is -0.147. The molecule has 1 atom stereocenters. The third-order valence-corrected chi connectivity index (χ3v) is 3.83. The first-order valence-electron chi connectivity index (χ1n) is 7.78. The molecule has 0 bridgehead atoms. The number of carbonyl (C=O) groups excluding carboxylic acids is 1. The molecule has 5 heteroatoms. The lowest BCUT2D eigenvalue weighted by Gasteiger charge is -2.15. The van der Waals surface area contributed by atoms with Gasteiger partial charge in [-0.25, -0.2) is 9.59 Å². The molecule has 124 valence electrons. The highest BCUT2D eigenvalue weighted by molar-refractivity contribution is 5.85. The van der Waals surface area contributed by atoms with Crippen molar-refractivity contribution in [1.29, 1.82) is 0 Å². The van der Waals surface area contributed by atoms with Gasteiger partial charge < -0.3 is 13.9 Å². The number of unbranched alkanes of at least 4 members (excludes halogenated alkanes) is 1. The van der Waals surface area contributed by atoms with E-state index in [4.69, 9.17) is 9.15 Å². The van der Waals surface area contributed by atoms with Crippen molar-refractivity contribution >= 4 is 16.9 Å². The zero-order valence-electron chi connectivity index (χ0n) is 14.0. The maximum atomic E-state index is 11.8. The van der Waals surface area contributed by atoms with E-state index in [0.717, 1.165) is 30.2 Å². The van der Waals surface area contributed by atoms with E-state index >= 15 is 0 Å². The smallest absolute Gasteiger partial charge is 0.346 e. The maximum absolute atomic E-state index is 11.8. The number of esters is 1. The maximum Gasteiger partial charge on any atom is 0.346 e. The van der Waals surface area contributed by atoms with Crippen molar-refractivity contribution in [2.24, 2.45) is 0 Å². The SMILES string of the molecule is CCCCc1cc(=O)oc2c(C)c(OC(C)C(=O)OC)ccc12. The van der Waals surface area contributed by atoms with Gasteiger partial charge in [0, 0.05) is 17.0 Å². The Hall–Kier alpha value is -2.30. The standard InChI is InChI=1S/C18H22O5/c1-5-6-7-13-10-16(19)23-17-11(2)15(9-8-14(13)17)22-12(3)18(20)21-4/h8-10,12H,5-7H2,1-4H3. The van der Waals surface area contributed by atoms with E-state index in [1.165, 1.54) is 7.11 Å². The fourth-order valence-electron chi connectivity index (χ4n) is 2.51. The second kappa shape index (κ2) is 7.31. The molecule has 1 heterocycles. The zero-order chi connectivity index (χ0) is 17.0. The van der Waals surface area contributed by atoms with Crippen LogP contribution < -0.4 is 10.4 Å². The number of rotatable bonds is 6. The van der Waals surface area contributed by atoms with Gasteiger partial charge in [0.15, 0.2) is 6.10 Å². The molecule has 0 aliphatic rings. The number of carbonyl (C=O) groups is 1. The second-order valence-electron chi connectivity index (χ2n) is 5.54. The van der Waals surface area contributed by atoms with Gasteiger partial charge in [-0.2, -0.15) is 0 Å². The van der Waals surface area contributed by atoms with Crippen molar-refractivity contribution < 1.29 is 18.7 Å². The van der Waals surface area contributed by atoms with Crippen LogP contribution in [0.2, 0.25) is 0 Å². The first-order chi connectivity index (χ1) is 11.0. The molecule has 5 nitrogen and oxygen atoms in total. The Kier molecular flexibility index (Phi) is 5.42. The van der Waals surface area contributed by atoms with Crippen LogP contribution in [0.5, 0.6) is 5.75 Å². The van der Waals surface area contributed by atoms with Crippen LogP contribution >= 0.6 is 0 Å². The zero-order valence-corrected chi connectivity index (χ0v) is 14.0. The average molecular weight is 318 g/mol. The van der Waals surface area contributed by atoms with Crippen molar-refractivity contribution in [2.45, 2.75) is 46.1 Å². The molecule has 0 radical (unpaired) electrons. The topological polar surface area (TPSA) is 65.7 Å². The van der Waals surface area contributed by atoms with Gasteiger partial charge >= 0.3 is 11.6 Å². The second-order valence-corrected chi connectivity index (χ2v) is 5.54.